The van der Waals surface area contributed by atoms with Crippen molar-refractivity contribution in [1.29, 1.82) is 0 Å². The first-order valence-electron chi connectivity index (χ1n) is 15.9. The molecule has 0 spiro atoms. The van der Waals surface area contributed by atoms with Crippen molar-refractivity contribution in [3.63, 3.8) is 0 Å². The van der Waals surface area contributed by atoms with Crippen LogP contribution in [0.4, 0.5) is 0 Å². The smallest absolute Gasteiger partial charge is 0.119 e. The minimum Gasteiger partial charge on any atom is -0.494 e. The second-order valence-electron chi connectivity index (χ2n) is 11.2. The molecule has 0 bridgehead atoms. The van der Waals surface area contributed by atoms with Crippen molar-refractivity contribution >= 4 is 0 Å². The number of ether oxygens (including phenoxy) is 3. The maximum absolute atomic E-state index is 10.0. The minimum atomic E-state index is -0.393. The van der Waals surface area contributed by atoms with Crippen LogP contribution in [0.25, 0.3) is 0 Å². The van der Waals surface area contributed by atoms with Crippen LogP contribution >= 0.6 is 0 Å². The predicted octanol–water partition coefficient (Wildman–Crippen LogP) is 9.23. The molecule has 0 fully saturated rings. The molecule has 0 aromatic heterocycles. The maximum atomic E-state index is 10.0. The number of rotatable bonds is 19. The van der Waals surface area contributed by atoms with Crippen LogP contribution in [0.2, 0.25) is 0 Å². The number of hydrogen-bond acceptors (Lipinski definition) is 5. The molecule has 0 saturated heterocycles. The molecule has 0 aliphatic rings. The van der Waals surface area contributed by atoms with E-state index in [9.17, 15) is 10.2 Å². The third-order valence-corrected chi connectivity index (χ3v) is 6.89. The summed E-state index contributed by atoms with van der Waals surface area (Å²) in [6.45, 7) is 11.4. The normalized spacial score (nSPS) is 12.4. The van der Waals surface area contributed by atoms with Gasteiger partial charge >= 0.3 is 0 Å². The van der Waals surface area contributed by atoms with Crippen molar-refractivity contribution in [2.75, 3.05) is 19.8 Å². The summed E-state index contributed by atoms with van der Waals surface area (Å²) < 4.78 is 17.2. The van der Waals surface area contributed by atoms with Crippen LogP contribution in [-0.4, -0.2) is 30.0 Å². The van der Waals surface area contributed by atoms with Gasteiger partial charge in [-0.05, 0) is 85.4 Å². The van der Waals surface area contributed by atoms with Crippen molar-refractivity contribution in [3.8, 4) is 11.5 Å². The second kappa shape index (κ2) is 21.8. The zero-order chi connectivity index (χ0) is 30.4. The molecule has 232 valence electrons. The highest BCUT2D eigenvalue weighted by Gasteiger charge is 2.08. The first kappa shape index (κ1) is 35.3. The van der Waals surface area contributed by atoms with Gasteiger partial charge in [0.15, 0.2) is 0 Å². The van der Waals surface area contributed by atoms with Crippen molar-refractivity contribution < 1.29 is 24.4 Å². The maximum Gasteiger partial charge on any atom is 0.119 e. The largest absolute Gasteiger partial charge is 0.494 e. The third kappa shape index (κ3) is 15.4. The summed E-state index contributed by atoms with van der Waals surface area (Å²) in [7, 11) is 0. The van der Waals surface area contributed by atoms with Crippen LogP contribution in [-0.2, 0) is 11.3 Å². The Morgan fingerprint density at radius 1 is 0.595 bits per heavy atom. The molecule has 0 radical (unpaired) electrons. The Kier molecular flexibility index (Phi) is 18.3. The van der Waals surface area contributed by atoms with Crippen LogP contribution in [0, 0.1) is 5.92 Å². The van der Waals surface area contributed by atoms with E-state index in [4.69, 9.17) is 14.2 Å². The fourth-order valence-corrected chi connectivity index (χ4v) is 4.35. The van der Waals surface area contributed by atoms with E-state index in [0.29, 0.717) is 19.1 Å². The zero-order valence-corrected chi connectivity index (χ0v) is 26.3. The third-order valence-electron chi connectivity index (χ3n) is 6.89. The van der Waals surface area contributed by atoms with Gasteiger partial charge in [0.1, 0.15) is 11.5 Å². The van der Waals surface area contributed by atoms with Gasteiger partial charge in [-0.15, -0.1) is 0 Å². The summed E-state index contributed by atoms with van der Waals surface area (Å²) >= 11 is 0. The number of aliphatic hydroxyl groups excluding tert-OH is 2. The molecule has 42 heavy (non-hydrogen) atoms. The Labute approximate surface area is 254 Å². The molecule has 0 saturated carbocycles. The molecule has 0 amide bonds. The van der Waals surface area contributed by atoms with Crippen molar-refractivity contribution in [2.24, 2.45) is 5.92 Å². The fourth-order valence-electron chi connectivity index (χ4n) is 4.35. The number of hydrogen-bond donors (Lipinski definition) is 2. The van der Waals surface area contributed by atoms with E-state index in [1.165, 1.54) is 5.56 Å². The molecule has 2 N–H and O–H groups in total. The van der Waals surface area contributed by atoms with Gasteiger partial charge in [-0.3, -0.25) is 0 Å². The Hall–Kier alpha value is -2.86. The number of unbranched alkanes of at least 4 members (excludes halogenated alkanes) is 2. The summed E-state index contributed by atoms with van der Waals surface area (Å²) in [5, 5.41) is 20.0. The van der Waals surface area contributed by atoms with Gasteiger partial charge in [0.2, 0.25) is 0 Å². The summed E-state index contributed by atoms with van der Waals surface area (Å²) in [5.41, 5.74) is 3.11. The van der Waals surface area contributed by atoms with Gasteiger partial charge in [0, 0.05) is 6.61 Å². The molecule has 3 aromatic rings. The average molecular weight is 579 g/mol. The van der Waals surface area contributed by atoms with E-state index in [1.807, 2.05) is 66.7 Å². The van der Waals surface area contributed by atoms with E-state index < -0.39 is 6.10 Å². The van der Waals surface area contributed by atoms with Gasteiger partial charge in [-0.1, -0.05) is 95.1 Å². The Morgan fingerprint density at radius 3 is 1.69 bits per heavy atom. The van der Waals surface area contributed by atoms with E-state index in [-0.39, 0.29) is 6.10 Å². The minimum absolute atomic E-state index is 0.367. The van der Waals surface area contributed by atoms with Gasteiger partial charge in [-0.25, -0.2) is 0 Å². The van der Waals surface area contributed by atoms with E-state index >= 15 is 0 Å². The molecule has 2 unspecified atom stereocenters. The van der Waals surface area contributed by atoms with Crippen LogP contribution in [0.5, 0.6) is 11.5 Å². The van der Waals surface area contributed by atoms with Crippen LogP contribution in [0.1, 0.15) is 108 Å². The van der Waals surface area contributed by atoms with Crippen molar-refractivity contribution in [2.45, 2.75) is 97.9 Å². The Morgan fingerprint density at radius 2 is 1.14 bits per heavy atom. The van der Waals surface area contributed by atoms with Gasteiger partial charge < -0.3 is 24.4 Å². The van der Waals surface area contributed by atoms with Gasteiger partial charge in [0.25, 0.3) is 0 Å². The van der Waals surface area contributed by atoms with Crippen molar-refractivity contribution in [1.82, 2.24) is 0 Å². The van der Waals surface area contributed by atoms with Gasteiger partial charge in [0.05, 0.1) is 32.0 Å². The lowest BCUT2D eigenvalue weighted by atomic mass is 10.1. The molecule has 0 aliphatic carbocycles. The molecule has 2 atom stereocenters. The summed E-state index contributed by atoms with van der Waals surface area (Å²) in [5.74, 6) is 2.36. The molecular weight excluding hydrogens is 524 g/mol. The molecule has 5 heteroatoms. The average Bonchev–Trinajstić information content (AvgIpc) is 3.00. The molecule has 3 aromatic carbocycles. The molecule has 5 nitrogen and oxygen atoms in total. The van der Waals surface area contributed by atoms with E-state index in [1.54, 1.807) is 0 Å². The second-order valence-corrected chi connectivity index (χ2v) is 11.2. The first-order valence-corrected chi connectivity index (χ1v) is 15.9. The monoisotopic (exact) mass is 578 g/mol. The zero-order valence-electron chi connectivity index (χ0n) is 26.3. The lowest BCUT2D eigenvalue weighted by Crippen LogP contribution is -2.02. The first-order chi connectivity index (χ1) is 20.4. The highest BCUT2D eigenvalue weighted by Crippen LogP contribution is 2.24. The molecule has 0 aliphatic heterocycles. The lowest BCUT2D eigenvalue weighted by molar-refractivity contribution is 0.116. The lowest BCUT2D eigenvalue weighted by Gasteiger charge is -2.12. The standard InChI is InChI=1S/C22H30O3.C15H24O2/c1-2-10-22(23)20-13-9-14-21(17-20)25-16-8-4-7-15-24-18-19-11-5-3-6-12-19;1-4-6-15(16)13-7-5-8-14(11-13)17-10-9-12(2)3/h3,5-6,9,11-14,17,22-23H,2,4,7-8,10,15-16,18H2,1H3;5,7-8,11-12,15-16H,4,6,9-10H2,1-3H3. The molecule has 0 heterocycles. The van der Waals surface area contributed by atoms with E-state index in [2.05, 4.69) is 39.8 Å². The Balaban J connectivity index is 0.000000317. The highest BCUT2D eigenvalue weighted by atomic mass is 16.5. The molecule has 3 rings (SSSR count). The van der Waals surface area contributed by atoms with Crippen molar-refractivity contribution in [3.05, 3.63) is 95.6 Å². The predicted molar refractivity (Wildman–Crippen MR) is 173 cm³/mol. The quantitative estimate of drug-likeness (QED) is 0.139. The van der Waals surface area contributed by atoms with Crippen LogP contribution < -0.4 is 9.47 Å². The fraction of sp³-hybridized carbons (Fsp3) is 0.514. The Bertz CT molecular complexity index is 1070. The van der Waals surface area contributed by atoms with Gasteiger partial charge in [-0.2, -0.15) is 0 Å². The number of benzene rings is 3. The summed E-state index contributed by atoms with van der Waals surface area (Å²) in [6, 6.07) is 25.8. The number of aliphatic hydroxyl groups is 2. The van der Waals surface area contributed by atoms with Crippen LogP contribution in [0.15, 0.2) is 78.9 Å². The molecular formula is C37H54O5. The highest BCUT2D eigenvalue weighted by molar-refractivity contribution is 5.30. The summed E-state index contributed by atoms with van der Waals surface area (Å²) in [6.07, 6.45) is 6.99. The topological polar surface area (TPSA) is 68.2 Å². The van der Waals surface area contributed by atoms with Crippen LogP contribution in [0.3, 0.4) is 0 Å². The van der Waals surface area contributed by atoms with E-state index in [0.717, 1.165) is 87.2 Å². The summed E-state index contributed by atoms with van der Waals surface area (Å²) in [4.78, 5) is 0. The SMILES string of the molecule is CCCC(O)c1cccc(OCCC(C)C)c1.CCCC(O)c1cccc(OCCCCCOCc2ccccc2)c1.